The van der Waals surface area contributed by atoms with Crippen LogP contribution in [0.3, 0.4) is 0 Å². The third-order valence-electron chi connectivity index (χ3n) is 3.42. The van der Waals surface area contributed by atoms with Crippen LogP contribution in [0, 0.1) is 12.8 Å². The maximum Gasteiger partial charge on any atom is 0.0675 e. The number of benzene rings is 1. The fraction of sp³-hybridized carbons (Fsp3) is 0.438. The summed E-state index contributed by atoms with van der Waals surface area (Å²) in [5, 5.41) is 4.47. The van der Waals surface area contributed by atoms with Gasteiger partial charge in [-0.3, -0.25) is 4.68 Å². The summed E-state index contributed by atoms with van der Waals surface area (Å²) in [6.45, 7) is 7.04. The van der Waals surface area contributed by atoms with Crippen molar-refractivity contribution in [1.29, 1.82) is 0 Å². The summed E-state index contributed by atoms with van der Waals surface area (Å²) in [6, 6.07) is 8.78. The summed E-state index contributed by atoms with van der Waals surface area (Å²) in [5.41, 5.74) is 11.7. The molecule has 102 valence electrons. The first-order chi connectivity index (χ1) is 9.02. The van der Waals surface area contributed by atoms with Crippen LogP contribution >= 0.6 is 0 Å². The summed E-state index contributed by atoms with van der Waals surface area (Å²) in [5.74, 6) is 0.686. The van der Waals surface area contributed by atoms with Crippen molar-refractivity contribution >= 4 is 0 Å². The molecule has 0 radical (unpaired) electrons. The largest absolute Gasteiger partial charge is 0.325 e. The van der Waals surface area contributed by atoms with E-state index >= 15 is 0 Å². The van der Waals surface area contributed by atoms with Gasteiger partial charge < -0.3 is 5.73 Å². The Morgan fingerprint density at radius 3 is 2.37 bits per heavy atom. The average Bonchev–Trinajstić information content (AvgIpc) is 2.64. The van der Waals surface area contributed by atoms with Gasteiger partial charge in [0.05, 0.1) is 11.4 Å². The van der Waals surface area contributed by atoms with Crippen LogP contribution in [0.5, 0.6) is 0 Å². The maximum atomic E-state index is 5.84. The maximum absolute atomic E-state index is 5.84. The number of nitrogens with zero attached hydrogens (tertiary/aromatic N) is 2. The lowest BCUT2D eigenvalue weighted by Crippen LogP contribution is -2.05. The Labute approximate surface area is 115 Å². The third-order valence-corrected chi connectivity index (χ3v) is 3.42. The standard InChI is InChI=1S/C16H23N3/c1-11(2)9-13-5-7-14(8-6-13)16-12(3)18-19(4)15(16)10-17/h5-8,11H,9-10,17H2,1-4H3. The monoisotopic (exact) mass is 257 g/mol. The van der Waals surface area contributed by atoms with Crippen molar-refractivity contribution in [3.05, 3.63) is 41.2 Å². The van der Waals surface area contributed by atoms with E-state index < -0.39 is 0 Å². The van der Waals surface area contributed by atoms with Crippen LogP contribution in [0.2, 0.25) is 0 Å². The summed E-state index contributed by atoms with van der Waals surface area (Å²) in [4.78, 5) is 0. The zero-order valence-electron chi connectivity index (χ0n) is 12.3. The highest BCUT2D eigenvalue weighted by Gasteiger charge is 2.13. The van der Waals surface area contributed by atoms with Gasteiger partial charge >= 0.3 is 0 Å². The quantitative estimate of drug-likeness (QED) is 0.915. The Morgan fingerprint density at radius 2 is 1.84 bits per heavy atom. The molecule has 0 fully saturated rings. The Balaban J connectivity index is 2.37. The van der Waals surface area contributed by atoms with E-state index in [1.807, 2.05) is 18.7 Å². The average molecular weight is 257 g/mol. The zero-order valence-corrected chi connectivity index (χ0v) is 12.3. The van der Waals surface area contributed by atoms with E-state index in [1.165, 1.54) is 16.7 Å². The molecule has 0 aliphatic rings. The molecule has 2 aromatic rings. The molecular formula is C16H23N3. The number of aryl methyl sites for hydroxylation is 2. The van der Waals surface area contributed by atoms with Gasteiger partial charge in [-0.1, -0.05) is 38.1 Å². The van der Waals surface area contributed by atoms with Crippen LogP contribution in [0.1, 0.15) is 30.8 Å². The topological polar surface area (TPSA) is 43.8 Å². The van der Waals surface area contributed by atoms with Gasteiger partial charge in [0.15, 0.2) is 0 Å². The summed E-state index contributed by atoms with van der Waals surface area (Å²) in [6.07, 6.45) is 1.12. The fourth-order valence-corrected chi connectivity index (χ4v) is 2.59. The van der Waals surface area contributed by atoms with Crippen molar-refractivity contribution < 1.29 is 0 Å². The molecule has 0 amide bonds. The Morgan fingerprint density at radius 1 is 1.21 bits per heavy atom. The Hall–Kier alpha value is -1.61. The summed E-state index contributed by atoms with van der Waals surface area (Å²) < 4.78 is 1.88. The minimum Gasteiger partial charge on any atom is -0.325 e. The highest BCUT2D eigenvalue weighted by molar-refractivity contribution is 5.69. The lowest BCUT2D eigenvalue weighted by Gasteiger charge is -2.08. The van der Waals surface area contributed by atoms with Crippen LogP contribution in [0.15, 0.2) is 24.3 Å². The van der Waals surface area contributed by atoms with Gasteiger partial charge in [-0.25, -0.2) is 0 Å². The van der Waals surface area contributed by atoms with Gasteiger partial charge in [-0.05, 0) is 30.4 Å². The molecule has 0 spiro atoms. The zero-order chi connectivity index (χ0) is 14.0. The number of aromatic nitrogens is 2. The van der Waals surface area contributed by atoms with Crippen molar-refractivity contribution in [2.24, 2.45) is 18.7 Å². The molecule has 0 saturated heterocycles. The first kappa shape index (κ1) is 13.8. The molecule has 1 heterocycles. The third kappa shape index (κ3) is 2.87. The predicted molar refractivity (Wildman–Crippen MR) is 79.8 cm³/mol. The molecule has 0 atom stereocenters. The summed E-state index contributed by atoms with van der Waals surface area (Å²) >= 11 is 0. The van der Waals surface area contributed by atoms with E-state index in [0.29, 0.717) is 12.5 Å². The molecule has 3 heteroatoms. The number of hydrogen-bond acceptors (Lipinski definition) is 2. The molecule has 0 bridgehead atoms. The minimum atomic E-state index is 0.514. The molecule has 19 heavy (non-hydrogen) atoms. The Kier molecular flexibility index (Phi) is 4.05. The van der Waals surface area contributed by atoms with Gasteiger partial charge in [-0.15, -0.1) is 0 Å². The van der Waals surface area contributed by atoms with E-state index in [9.17, 15) is 0 Å². The van der Waals surface area contributed by atoms with Crippen molar-refractivity contribution in [3.63, 3.8) is 0 Å². The lowest BCUT2D eigenvalue weighted by atomic mass is 9.98. The second-order valence-electron chi connectivity index (χ2n) is 5.53. The lowest BCUT2D eigenvalue weighted by molar-refractivity contribution is 0.647. The van der Waals surface area contributed by atoms with Crippen molar-refractivity contribution in [3.8, 4) is 11.1 Å². The van der Waals surface area contributed by atoms with Crippen molar-refractivity contribution in [1.82, 2.24) is 9.78 Å². The second-order valence-corrected chi connectivity index (χ2v) is 5.53. The fourth-order valence-electron chi connectivity index (χ4n) is 2.59. The molecule has 0 saturated carbocycles. The van der Waals surface area contributed by atoms with Crippen molar-refractivity contribution in [2.75, 3.05) is 0 Å². The number of rotatable bonds is 4. The molecular weight excluding hydrogens is 234 g/mol. The van der Waals surface area contributed by atoms with E-state index in [2.05, 4.69) is 43.2 Å². The molecule has 2 N–H and O–H groups in total. The number of nitrogens with two attached hydrogens (primary N) is 1. The SMILES string of the molecule is Cc1nn(C)c(CN)c1-c1ccc(CC(C)C)cc1. The molecule has 0 unspecified atom stereocenters. The van der Waals surface area contributed by atoms with E-state index in [-0.39, 0.29) is 0 Å². The molecule has 3 nitrogen and oxygen atoms in total. The van der Waals surface area contributed by atoms with E-state index in [4.69, 9.17) is 5.73 Å². The van der Waals surface area contributed by atoms with Crippen LogP contribution in [0.25, 0.3) is 11.1 Å². The second kappa shape index (κ2) is 5.57. The molecule has 1 aromatic heterocycles. The van der Waals surface area contributed by atoms with Crippen molar-refractivity contribution in [2.45, 2.75) is 33.7 Å². The molecule has 2 rings (SSSR count). The van der Waals surface area contributed by atoms with Gasteiger partial charge in [0, 0.05) is 19.2 Å². The van der Waals surface area contributed by atoms with Gasteiger partial charge in [0.2, 0.25) is 0 Å². The van der Waals surface area contributed by atoms with Crippen LogP contribution in [-0.2, 0) is 20.0 Å². The van der Waals surface area contributed by atoms with Gasteiger partial charge in [-0.2, -0.15) is 5.10 Å². The van der Waals surface area contributed by atoms with E-state index in [0.717, 1.165) is 17.8 Å². The van der Waals surface area contributed by atoms with Crippen LogP contribution in [0.4, 0.5) is 0 Å². The smallest absolute Gasteiger partial charge is 0.0675 e. The van der Waals surface area contributed by atoms with E-state index in [1.54, 1.807) is 0 Å². The highest BCUT2D eigenvalue weighted by Crippen LogP contribution is 2.27. The Bertz CT molecular complexity index is 550. The minimum absolute atomic E-state index is 0.514. The molecule has 0 aliphatic carbocycles. The highest BCUT2D eigenvalue weighted by atomic mass is 15.3. The van der Waals surface area contributed by atoms with Crippen LogP contribution < -0.4 is 5.73 Å². The predicted octanol–water partition coefficient (Wildman–Crippen LogP) is 3.05. The first-order valence-corrected chi connectivity index (χ1v) is 6.84. The summed E-state index contributed by atoms with van der Waals surface area (Å²) in [7, 11) is 1.95. The van der Waals surface area contributed by atoms with Crippen LogP contribution in [-0.4, -0.2) is 9.78 Å². The van der Waals surface area contributed by atoms with Gasteiger partial charge in [0.1, 0.15) is 0 Å². The van der Waals surface area contributed by atoms with Gasteiger partial charge in [0.25, 0.3) is 0 Å². The molecule has 1 aromatic carbocycles. The molecule has 0 aliphatic heterocycles. The normalized spacial score (nSPS) is 11.3. The number of hydrogen-bond donors (Lipinski definition) is 1. The first-order valence-electron chi connectivity index (χ1n) is 6.84.